The number of carbonyl (C=O) groups excluding carboxylic acids is 1. The zero-order valence-corrected chi connectivity index (χ0v) is 15.2. The summed E-state index contributed by atoms with van der Waals surface area (Å²) in [4.78, 5) is 12.4. The minimum atomic E-state index is -0.175. The molecule has 1 amide bonds. The zero-order valence-electron chi connectivity index (χ0n) is 15.2. The maximum absolute atomic E-state index is 12.4. The van der Waals surface area contributed by atoms with Gasteiger partial charge < -0.3 is 10.1 Å². The van der Waals surface area contributed by atoms with Gasteiger partial charge in [0.1, 0.15) is 11.5 Å². The molecular weight excluding hydrogens is 346 g/mol. The van der Waals surface area contributed by atoms with Gasteiger partial charge in [0.15, 0.2) is 0 Å². The maximum atomic E-state index is 12.4. The summed E-state index contributed by atoms with van der Waals surface area (Å²) in [5.41, 5.74) is 1.69. The molecule has 4 rings (SSSR count). The van der Waals surface area contributed by atoms with Gasteiger partial charge in [0.25, 0.3) is 0 Å². The summed E-state index contributed by atoms with van der Waals surface area (Å²) < 4.78 is 5.84. The third-order valence-electron chi connectivity index (χ3n) is 4.31. The molecule has 0 fully saturated rings. The fourth-order valence-electron chi connectivity index (χ4n) is 2.99. The van der Waals surface area contributed by atoms with Crippen LogP contribution in [0.3, 0.4) is 0 Å². The Morgan fingerprint density at radius 2 is 1.46 bits per heavy atom. The van der Waals surface area contributed by atoms with Crippen LogP contribution in [0.1, 0.15) is 5.56 Å². The number of carbonyl (C=O) groups is 1. The molecule has 1 N–H and O–H groups in total. The van der Waals surface area contributed by atoms with E-state index in [0.717, 1.165) is 33.5 Å². The molecule has 3 heteroatoms. The third-order valence-corrected chi connectivity index (χ3v) is 4.31. The Kier molecular flexibility index (Phi) is 5.16. The second-order valence-corrected chi connectivity index (χ2v) is 6.34. The fourth-order valence-corrected chi connectivity index (χ4v) is 2.99. The average molecular weight is 365 g/mol. The number of hydrogen-bond donors (Lipinski definition) is 1. The van der Waals surface area contributed by atoms with Crippen LogP contribution in [-0.4, -0.2) is 5.91 Å². The standard InChI is InChI=1S/C25H19NO2/c27-25(26-24-15-7-10-20-9-4-5-14-23(20)24)17-16-19-8-6-13-22(18-19)28-21-11-2-1-3-12-21/h1-18H,(H,26,27)/b17-16+. The molecule has 136 valence electrons. The van der Waals surface area contributed by atoms with E-state index < -0.39 is 0 Å². The minimum absolute atomic E-state index is 0.175. The van der Waals surface area contributed by atoms with Crippen molar-refractivity contribution in [3.8, 4) is 11.5 Å². The van der Waals surface area contributed by atoms with Gasteiger partial charge in [-0.05, 0) is 47.4 Å². The lowest BCUT2D eigenvalue weighted by molar-refractivity contribution is -0.111. The lowest BCUT2D eigenvalue weighted by Crippen LogP contribution is -2.07. The minimum Gasteiger partial charge on any atom is -0.457 e. The summed E-state index contributed by atoms with van der Waals surface area (Å²) in [5, 5.41) is 5.06. The highest BCUT2D eigenvalue weighted by Gasteiger charge is 2.03. The average Bonchev–Trinajstić information content (AvgIpc) is 2.74. The molecule has 0 aliphatic carbocycles. The normalized spacial score (nSPS) is 10.9. The maximum Gasteiger partial charge on any atom is 0.248 e. The Hall–Kier alpha value is -3.85. The topological polar surface area (TPSA) is 38.3 Å². The molecule has 0 bridgehead atoms. The monoisotopic (exact) mass is 365 g/mol. The molecule has 3 nitrogen and oxygen atoms in total. The van der Waals surface area contributed by atoms with Crippen LogP contribution >= 0.6 is 0 Å². The quantitative estimate of drug-likeness (QED) is 0.422. The van der Waals surface area contributed by atoms with E-state index in [1.54, 1.807) is 6.08 Å². The van der Waals surface area contributed by atoms with Crippen LogP contribution in [0.15, 0.2) is 103 Å². The summed E-state index contributed by atoms with van der Waals surface area (Å²) in [6.45, 7) is 0. The molecule has 4 aromatic rings. The van der Waals surface area contributed by atoms with Crippen LogP contribution < -0.4 is 10.1 Å². The van der Waals surface area contributed by atoms with Crippen molar-refractivity contribution < 1.29 is 9.53 Å². The first-order valence-corrected chi connectivity index (χ1v) is 9.08. The van der Waals surface area contributed by atoms with Crippen LogP contribution in [0.4, 0.5) is 5.69 Å². The number of anilines is 1. The van der Waals surface area contributed by atoms with Crippen molar-refractivity contribution in [1.82, 2.24) is 0 Å². The van der Waals surface area contributed by atoms with Crippen molar-refractivity contribution in [3.63, 3.8) is 0 Å². The van der Waals surface area contributed by atoms with Crippen molar-refractivity contribution in [2.45, 2.75) is 0 Å². The van der Waals surface area contributed by atoms with Gasteiger partial charge in [-0.15, -0.1) is 0 Å². The van der Waals surface area contributed by atoms with Crippen molar-refractivity contribution in [2.75, 3.05) is 5.32 Å². The summed E-state index contributed by atoms with van der Waals surface area (Å²) in [6, 6.07) is 31.1. The van der Waals surface area contributed by atoms with E-state index in [2.05, 4.69) is 5.32 Å². The molecule has 0 saturated carbocycles. The predicted molar refractivity (Wildman–Crippen MR) is 115 cm³/mol. The van der Waals surface area contributed by atoms with E-state index in [1.165, 1.54) is 6.08 Å². The Morgan fingerprint density at radius 1 is 0.750 bits per heavy atom. The SMILES string of the molecule is O=C(/C=C/c1cccc(Oc2ccccc2)c1)Nc1cccc2ccccc12. The molecule has 0 radical (unpaired) electrons. The van der Waals surface area contributed by atoms with Crippen LogP contribution in [0.5, 0.6) is 11.5 Å². The van der Waals surface area contributed by atoms with Gasteiger partial charge in [-0.25, -0.2) is 0 Å². The smallest absolute Gasteiger partial charge is 0.248 e. The number of rotatable bonds is 5. The van der Waals surface area contributed by atoms with E-state index in [1.807, 2.05) is 97.1 Å². The van der Waals surface area contributed by atoms with E-state index in [9.17, 15) is 4.79 Å². The molecule has 0 saturated heterocycles. The second kappa shape index (κ2) is 8.23. The number of para-hydroxylation sites is 1. The van der Waals surface area contributed by atoms with Crippen LogP contribution in [0, 0.1) is 0 Å². The zero-order chi connectivity index (χ0) is 19.2. The highest BCUT2D eigenvalue weighted by atomic mass is 16.5. The number of amides is 1. The van der Waals surface area contributed by atoms with Gasteiger partial charge in [-0.3, -0.25) is 4.79 Å². The molecule has 0 atom stereocenters. The molecule has 0 heterocycles. The van der Waals surface area contributed by atoms with Crippen molar-refractivity contribution >= 4 is 28.4 Å². The Labute approximate surface area is 163 Å². The molecular formula is C25H19NO2. The molecule has 0 spiro atoms. The van der Waals surface area contributed by atoms with Crippen LogP contribution in [0.25, 0.3) is 16.8 Å². The summed E-state index contributed by atoms with van der Waals surface area (Å²) >= 11 is 0. The summed E-state index contributed by atoms with van der Waals surface area (Å²) in [7, 11) is 0. The summed E-state index contributed by atoms with van der Waals surface area (Å²) in [5.74, 6) is 1.32. The highest BCUT2D eigenvalue weighted by Crippen LogP contribution is 2.24. The molecule has 0 aliphatic rings. The molecule has 0 unspecified atom stereocenters. The Balaban J connectivity index is 1.46. The van der Waals surface area contributed by atoms with E-state index in [-0.39, 0.29) is 5.91 Å². The largest absolute Gasteiger partial charge is 0.457 e. The van der Waals surface area contributed by atoms with Crippen molar-refractivity contribution in [2.24, 2.45) is 0 Å². The third kappa shape index (κ3) is 4.27. The lowest BCUT2D eigenvalue weighted by Gasteiger charge is -2.07. The van der Waals surface area contributed by atoms with Crippen LogP contribution in [-0.2, 0) is 4.79 Å². The molecule has 4 aromatic carbocycles. The number of hydrogen-bond acceptors (Lipinski definition) is 2. The Bertz CT molecular complexity index is 1130. The highest BCUT2D eigenvalue weighted by molar-refractivity contribution is 6.07. The molecule has 0 aromatic heterocycles. The van der Waals surface area contributed by atoms with Gasteiger partial charge in [-0.1, -0.05) is 66.7 Å². The Morgan fingerprint density at radius 3 is 2.36 bits per heavy atom. The van der Waals surface area contributed by atoms with Crippen LogP contribution in [0.2, 0.25) is 0 Å². The molecule has 0 aliphatic heterocycles. The lowest BCUT2D eigenvalue weighted by atomic mass is 10.1. The van der Waals surface area contributed by atoms with Crippen molar-refractivity contribution in [3.05, 3.63) is 109 Å². The van der Waals surface area contributed by atoms with Crippen molar-refractivity contribution in [1.29, 1.82) is 0 Å². The van der Waals surface area contributed by atoms with E-state index in [0.29, 0.717) is 0 Å². The molecule has 28 heavy (non-hydrogen) atoms. The van der Waals surface area contributed by atoms with Gasteiger partial charge in [-0.2, -0.15) is 0 Å². The van der Waals surface area contributed by atoms with Gasteiger partial charge >= 0.3 is 0 Å². The summed E-state index contributed by atoms with van der Waals surface area (Å²) in [6.07, 6.45) is 3.31. The first-order chi connectivity index (χ1) is 13.8. The van der Waals surface area contributed by atoms with E-state index >= 15 is 0 Å². The first kappa shape index (κ1) is 17.6. The van der Waals surface area contributed by atoms with Gasteiger partial charge in [0, 0.05) is 17.1 Å². The van der Waals surface area contributed by atoms with E-state index in [4.69, 9.17) is 4.74 Å². The number of fused-ring (bicyclic) bond motifs is 1. The van der Waals surface area contributed by atoms with Gasteiger partial charge in [0.2, 0.25) is 5.91 Å². The first-order valence-electron chi connectivity index (χ1n) is 9.08. The number of nitrogens with one attached hydrogen (secondary N) is 1. The predicted octanol–water partition coefficient (Wildman–Crippen LogP) is 6.28. The second-order valence-electron chi connectivity index (χ2n) is 6.34. The number of benzene rings is 4. The number of ether oxygens (including phenoxy) is 1. The van der Waals surface area contributed by atoms with Gasteiger partial charge in [0.05, 0.1) is 0 Å². The fraction of sp³-hybridized carbons (Fsp3) is 0.